The first-order valence-corrected chi connectivity index (χ1v) is 11.1. The van der Waals surface area contributed by atoms with Crippen LogP contribution in [-0.2, 0) is 4.79 Å². The Kier molecular flexibility index (Phi) is 5.65. The van der Waals surface area contributed by atoms with Crippen molar-refractivity contribution in [3.8, 4) is 0 Å². The SMILES string of the molecule is Cc1cc(C(=O)N2CCC3(CC2)CC(C(=O)N2CCN(C(C)C)CC2)C3)ccn1. The number of piperazine rings is 1. The van der Waals surface area contributed by atoms with E-state index < -0.39 is 0 Å². The lowest BCUT2D eigenvalue weighted by atomic mass is 9.57. The van der Waals surface area contributed by atoms with Gasteiger partial charge in [-0.15, -0.1) is 0 Å². The molecular weight excluding hydrogens is 364 g/mol. The molecule has 2 saturated heterocycles. The van der Waals surface area contributed by atoms with Gasteiger partial charge in [-0.25, -0.2) is 0 Å². The number of aryl methyl sites for hydroxylation is 1. The number of hydrogen-bond acceptors (Lipinski definition) is 4. The minimum absolute atomic E-state index is 0.111. The fourth-order valence-electron chi connectivity index (χ4n) is 5.33. The molecule has 0 bridgehead atoms. The largest absolute Gasteiger partial charge is 0.340 e. The summed E-state index contributed by atoms with van der Waals surface area (Å²) in [7, 11) is 0. The maximum atomic E-state index is 12.9. The third-order valence-electron chi connectivity index (χ3n) is 7.32. The van der Waals surface area contributed by atoms with E-state index in [4.69, 9.17) is 0 Å². The molecule has 4 rings (SSSR count). The molecule has 6 nitrogen and oxygen atoms in total. The third kappa shape index (κ3) is 4.18. The van der Waals surface area contributed by atoms with Crippen molar-refractivity contribution in [3.05, 3.63) is 29.6 Å². The summed E-state index contributed by atoms with van der Waals surface area (Å²) in [5, 5.41) is 0. The van der Waals surface area contributed by atoms with E-state index in [9.17, 15) is 9.59 Å². The maximum Gasteiger partial charge on any atom is 0.253 e. The number of amides is 2. The van der Waals surface area contributed by atoms with Crippen LogP contribution in [0.25, 0.3) is 0 Å². The summed E-state index contributed by atoms with van der Waals surface area (Å²) in [6.07, 6.45) is 5.76. The van der Waals surface area contributed by atoms with E-state index >= 15 is 0 Å². The maximum absolute atomic E-state index is 12.9. The van der Waals surface area contributed by atoms with Crippen molar-refractivity contribution in [2.24, 2.45) is 11.3 Å². The van der Waals surface area contributed by atoms with Gasteiger partial charge in [0.2, 0.25) is 5.91 Å². The topological polar surface area (TPSA) is 56.8 Å². The molecule has 1 aromatic heterocycles. The second-order valence-corrected chi connectivity index (χ2v) is 9.54. The van der Waals surface area contributed by atoms with Crippen LogP contribution in [0, 0.1) is 18.3 Å². The Morgan fingerprint density at radius 2 is 1.69 bits per heavy atom. The monoisotopic (exact) mass is 398 g/mol. The van der Waals surface area contributed by atoms with Crippen LogP contribution in [0.3, 0.4) is 0 Å². The zero-order valence-electron chi connectivity index (χ0n) is 18.1. The molecule has 0 radical (unpaired) electrons. The molecule has 3 heterocycles. The molecule has 1 spiro atoms. The van der Waals surface area contributed by atoms with Crippen LogP contribution in [-0.4, -0.2) is 76.8 Å². The smallest absolute Gasteiger partial charge is 0.253 e. The highest BCUT2D eigenvalue weighted by Crippen LogP contribution is 2.53. The molecule has 0 N–H and O–H groups in total. The Labute approximate surface area is 174 Å². The number of nitrogens with zero attached hydrogens (tertiary/aromatic N) is 4. The van der Waals surface area contributed by atoms with Crippen molar-refractivity contribution in [2.75, 3.05) is 39.3 Å². The molecule has 3 fully saturated rings. The fraction of sp³-hybridized carbons (Fsp3) is 0.696. The van der Waals surface area contributed by atoms with Crippen LogP contribution in [0.15, 0.2) is 18.3 Å². The molecule has 1 aromatic rings. The van der Waals surface area contributed by atoms with E-state index in [1.165, 1.54) is 0 Å². The highest BCUT2D eigenvalue weighted by Gasteiger charge is 2.50. The molecule has 6 heteroatoms. The van der Waals surface area contributed by atoms with Gasteiger partial charge in [-0.1, -0.05) is 0 Å². The van der Waals surface area contributed by atoms with E-state index in [-0.39, 0.29) is 17.2 Å². The molecule has 2 amide bonds. The van der Waals surface area contributed by atoms with Crippen molar-refractivity contribution >= 4 is 11.8 Å². The fourth-order valence-corrected chi connectivity index (χ4v) is 5.33. The van der Waals surface area contributed by atoms with Crippen molar-refractivity contribution in [2.45, 2.75) is 52.5 Å². The molecule has 29 heavy (non-hydrogen) atoms. The molecule has 0 atom stereocenters. The van der Waals surface area contributed by atoms with Crippen LogP contribution >= 0.6 is 0 Å². The number of aromatic nitrogens is 1. The van der Waals surface area contributed by atoms with Gasteiger partial charge in [0, 0.05) is 68.7 Å². The summed E-state index contributed by atoms with van der Waals surface area (Å²) >= 11 is 0. The highest BCUT2D eigenvalue weighted by atomic mass is 16.2. The summed E-state index contributed by atoms with van der Waals surface area (Å²) in [6.45, 7) is 11.7. The van der Waals surface area contributed by atoms with Gasteiger partial charge in [-0.3, -0.25) is 19.5 Å². The number of pyridine rings is 1. The first-order chi connectivity index (χ1) is 13.9. The minimum Gasteiger partial charge on any atom is -0.340 e. The Hall–Kier alpha value is -1.95. The zero-order chi connectivity index (χ0) is 20.6. The quantitative estimate of drug-likeness (QED) is 0.785. The lowest BCUT2D eigenvalue weighted by molar-refractivity contribution is -0.147. The number of hydrogen-bond donors (Lipinski definition) is 0. The first-order valence-electron chi connectivity index (χ1n) is 11.1. The van der Waals surface area contributed by atoms with Crippen LogP contribution in [0.1, 0.15) is 55.6 Å². The predicted octanol–water partition coefficient (Wildman–Crippen LogP) is 2.58. The standard InChI is InChI=1S/C23H34N4O2/c1-17(2)25-10-12-27(13-11-25)22(29)20-15-23(16-20)5-8-26(9-6-23)21(28)19-4-7-24-18(3)14-19/h4,7,14,17,20H,5-6,8-13,15-16H2,1-3H3. The van der Waals surface area contributed by atoms with Gasteiger partial charge < -0.3 is 9.80 Å². The number of likely N-dealkylation sites (tertiary alicyclic amines) is 1. The molecule has 0 aromatic carbocycles. The lowest BCUT2D eigenvalue weighted by Crippen LogP contribution is -2.56. The Morgan fingerprint density at radius 1 is 1.03 bits per heavy atom. The molecule has 1 aliphatic carbocycles. The van der Waals surface area contributed by atoms with Gasteiger partial charge in [-0.2, -0.15) is 0 Å². The predicted molar refractivity (Wildman–Crippen MR) is 113 cm³/mol. The minimum atomic E-state index is 0.111. The highest BCUT2D eigenvalue weighted by molar-refractivity contribution is 5.94. The summed E-state index contributed by atoms with van der Waals surface area (Å²) in [6, 6.07) is 4.23. The normalized spacial score (nSPS) is 22.8. The van der Waals surface area contributed by atoms with Crippen molar-refractivity contribution in [3.63, 3.8) is 0 Å². The van der Waals surface area contributed by atoms with E-state index in [0.29, 0.717) is 11.9 Å². The number of carbonyl (C=O) groups is 2. The van der Waals surface area contributed by atoms with Gasteiger partial charge in [0.1, 0.15) is 0 Å². The molecule has 158 valence electrons. The molecular formula is C23H34N4O2. The Morgan fingerprint density at radius 3 is 2.28 bits per heavy atom. The number of piperidine rings is 1. The van der Waals surface area contributed by atoms with Crippen LogP contribution in [0.5, 0.6) is 0 Å². The average molecular weight is 399 g/mol. The van der Waals surface area contributed by atoms with Crippen molar-refractivity contribution in [1.29, 1.82) is 0 Å². The van der Waals surface area contributed by atoms with E-state index in [1.807, 2.05) is 17.9 Å². The van der Waals surface area contributed by atoms with Gasteiger partial charge in [-0.05, 0) is 64.0 Å². The third-order valence-corrected chi connectivity index (χ3v) is 7.32. The van der Waals surface area contributed by atoms with Gasteiger partial charge in [0.05, 0.1) is 0 Å². The van der Waals surface area contributed by atoms with E-state index in [2.05, 4.69) is 28.6 Å². The molecule has 2 aliphatic heterocycles. The molecule has 1 saturated carbocycles. The van der Waals surface area contributed by atoms with Gasteiger partial charge in [0.15, 0.2) is 0 Å². The zero-order valence-corrected chi connectivity index (χ0v) is 18.1. The van der Waals surface area contributed by atoms with Crippen LogP contribution in [0.2, 0.25) is 0 Å². The molecule has 3 aliphatic rings. The second kappa shape index (κ2) is 8.05. The molecule has 0 unspecified atom stereocenters. The summed E-state index contributed by atoms with van der Waals surface area (Å²) in [5.41, 5.74) is 1.89. The first kappa shape index (κ1) is 20.3. The van der Waals surface area contributed by atoms with E-state index in [0.717, 1.165) is 76.2 Å². The summed E-state index contributed by atoms with van der Waals surface area (Å²) in [5.74, 6) is 0.677. The van der Waals surface area contributed by atoms with Crippen LogP contribution < -0.4 is 0 Å². The summed E-state index contributed by atoms with van der Waals surface area (Å²) in [4.78, 5) is 36.3. The van der Waals surface area contributed by atoms with Gasteiger partial charge >= 0.3 is 0 Å². The number of rotatable bonds is 3. The van der Waals surface area contributed by atoms with Crippen LogP contribution in [0.4, 0.5) is 0 Å². The van der Waals surface area contributed by atoms with Crippen molar-refractivity contribution < 1.29 is 9.59 Å². The Bertz CT molecular complexity index is 754. The van der Waals surface area contributed by atoms with E-state index in [1.54, 1.807) is 12.3 Å². The second-order valence-electron chi connectivity index (χ2n) is 9.54. The van der Waals surface area contributed by atoms with Gasteiger partial charge in [0.25, 0.3) is 5.91 Å². The Balaban J connectivity index is 1.25. The van der Waals surface area contributed by atoms with Crippen molar-refractivity contribution in [1.82, 2.24) is 19.7 Å². The average Bonchev–Trinajstić information content (AvgIpc) is 2.71. The lowest BCUT2D eigenvalue weighted by Gasteiger charge is -2.52. The summed E-state index contributed by atoms with van der Waals surface area (Å²) < 4.78 is 0. The number of carbonyl (C=O) groups excluding carboxylic acids is 2.